The van der Waals surface area contributed by atoms with Crippen molar-refractivity contribution < 1.29 is 46.3 Å². The van der Waals surface area contributed by atoms with E-state index in [1.165, 1.54) is 0 Å². The number of ether oxygens (including phenoxy) is 2. The number of aliphatic hydroxyl groups excluding tert-OH is 2. The van der Waals surface area contributed by atoms with Gasteiger partial charge in [0.05, 0.1) is 25.4 Å². The van der Waals surface area contributed by atoms with E-state index in [1.807, 2.05) is 12.1 Å². The number of benzene rings is 2. The molecular formula is C22H24CuO6. The summed E-state index contributed by atoms with van der Waals surface area (Å²) in [5.74, 6) is -1.23. The molecule has 2 rings (SSSR count). The van der Waals surface area contributed by atoms with E-state index in [4.69, 9.17) is 0 Å². The predicted molar refractivity (Wildman–Crippen MR) is 107 cm³/mol. The van der Waals surface area contributed by atoms with Crippen LogP contribution in [-0.4, -0.2) is 35.4 Å². The van der Waals surface area contributed by atoms with Crippen molar-refractivity contribution in [1.29, 1.82) is 0 Å². The molecule has 2 aromatic carbocycles. The molecule has 0 atom stereocenters. The van der Waals surface area contributed by atoms with Crippen LogP contribution in [0.4, 0.5) is 0 Å². The van der Waals surface area contributed by atoms with E-state index in [0.29, 0.717) is 24.3 Å². The summed E-state index contributed by atoms with van der Waals surface area (Å²) in [5.41, 5.74) is 1.20. The summed E-state index contributed by atoms with van der Waals surface area (Å²) in [6.45, 7) is 4.03. The monoisotopic (exact) mass is 447 g/mol. The van der Waals surface area contributed by atoms with Gasteiger partial charge in [-0.05, 0) is 13.8 Å². The molecule has 1 radical (unpaired) electrons. The molecule has 159 valence electrons. The molecule has 0 saturated carbocycles. The topological polar surface area (TPSA) is 93.1 Å². The SMILES string of the molecule is CCOC(=O)C=C(O)c1ccccc1.CCOC(=O)C=C(O)c1ccccc1.[Cu]. The smallest absolute Gasteiger partial charge is 0.334 e. The molecule has 0 spiro atoms. The second kappa shape index (κ2) is 15.0. The van der Waals surface area contributed by atoms with Gasteiger partial charge in [0.15, 0.2) is 0 Å². The van der Waals surface area contributed by atoms with Crippen LogP contribution in [0.15, 0.2) is 72.8 Å². The van der Waals surface area contributed by atoms with Crippen molar-refractivity contribution in [1.82, 2.24) is 0 Å². The standard InChI is InChI=1S/2C11H12O3.Cu/c2*1-2-14-11(13)8-10(12)9-6-4-3-5-7-9;/h2*3-8,12H,2H2,1H3;. The molecule has 2 N–H and O–H groups in total. The second-order valence-electron chi connectivity index (χ2n) is 5.30. The Hall–Kier alpha value is -3.02. The van der Waals surface area contributed by atoms with Gasteiger partial charge in [-0.1, -0.05) is 60.7 Å². The van der Waals surface area contributed by atoms with E-state index in [-0.39, 0.29) is 28.6 Å². The van der Waals surface area contributed by atoms with Crippen molar-refractivity contribution in [2.45, 2.75) is 13.8 Å². The van der Waals surface area contributed by atoms with Crippen LogP contribution < -0.4 is 0 Å². The van der Waals surface area contributed by atoms with Crippen molar-refractivity contribution in [2.75, 3.05) is 13.2 Å². The molecule has 0 aromatic heterocycles. The Morgan fingerprint density at radius 3 is 1.31 bits per heavy atom. The third-order valence-corrected chi connectivity index (χ3v) is 3.22. The van der Waals surface area contributed by atoms with Crippen LogP contribution in [0, 0.1) is 0 Å². The van der Waals surface area contributed by atoms with Gasteiger partial charge in [-0.15, -0.1) is 0 Å². The predicted octanol–water partition coefficient (Wildman–Crippen LogP) is 4.29. The Morgan fingerprint density at radius 1 is 0.724 bits per heavy atom. The van der Waals surface area contributed by atoms with Crippen LogP contribution >= 0.6 is 0 Å². The van der Waals surface area contributed by atoms with Gasteiger partial charge in [-0.3, -0.25) is 0 Å². The molecule has 0 fully saturated rings. The third-order valence-electron chi connectivity index (χ3n) is 3.22. The van der Waals surface area contributed by atoms with E-state index in [9.17, 15) is 19.8 Å². The molecule has 0 amide bonds. The zero-order valence-electron chi connectivity index (χ0n) is 16.2. The summed E-state index contributed by atoms with van der Waals surface area (Å²) >= 11 is 0. The largest absolute Gasteiger partial charge is 0.507 e. The van der Waals surface area contributed by atoms with Crippen LogP contribution in [0.1, 0.15) is 25.0 Å². The summed E-state index contributed by atoms with van der Waals surface area (Å²) in [7, 11) is 0. The van der Waals surface area contributed by atoms with Crippen molar-refractivity contribution in [3.63, 3.8) is 0 Å². The summed E-state index contributed by atoms with van der Waals surface area (Å²) in [5, 5.41) is 19.0. The Labute approximate surface area is 180 Å². The van der Waals surface area contributed by atoms with Crippen molar-refractivity contribution in [3.8, 4) is 0 Å². The first kappa shape index (κ1) is 26.0. The minimum absolute atomic E-state index is 0. The first-order valence-electron chi connectivity index (χ1n) is 8.73. The van der Waals surface area contributed by atoms with Gasteiger partial charge < -0.3 is 19.7 Å². The van der Waals surface area contributed by atoms with E-state index >= 15 is 0 Å². The molecule has 0 unspecified atom stereocenters. The quantitative estimate of drug-likeness (QED) is 0.297. The van der Waals surface area contributed by atoms with E-state index < -0.39 is 11.9 Å². The fourth-order valence-corrected chi connectivity index (χ4v) is 1.98. The summed E-state index contributed by atoms with van der Waals surface area (Å²) < 4.78 is 9.32. The van der Waals surface area contributed by atoms with Gasteiger partial charge in [-0.25, -0.2) is 9.59 Å². The average Bonchev–Trinajstić information content (AvgIpc) is 2.70. The van der Waals surface area contributed by atoms with Crippen LogP contribution in [0.2, 0.25) is 0 Å². The van der Waals surface area contributed by atoms with Crippen molar-refractivity contribution in [2.24, 2.45) is 0 Å². The van der Waals surface area contributed by atoms with Gasteiger partial charge in [0.2, 0.25) is 0 Å². The molecule has 7 heteroatoms. The molecule has 0 aliphatic rings. The number of rotatable bonds is 6. The fourth-order valence-electron chi connectivity index (χ4n) is 1.98. The molecule has 0 aliphatic heterocycles. The summed E-state index contributed by atoms with van der Waals surface area (Å²) in [6, 6.07) is 17.7. The van der Waals surface area contributed by atoms with E-state index in [2.05, 4.69) is 9.47 Å². The zero-order chi connectivity index (χ0) is 20.8. The minimum atomic E-state index is -0.533. The molecule has 0 bridgehead atoms. The maximum Gasteiger partial charge on any atom is 0.334 e. The molecule has 0 heterocycles. The normalized spacial score (nSPS) is 10.7. The first-order chi connectivity index (χ1) is 13.5. The summed E-state index contributed by atoms with van der Waals surface area (Å²) in [4.78, 5) is 21.9. The van der Waals surface area contributed by atoms with Crippen LogP contribution in [0.25, 0.3) is 11.5 Å². The maximum absolute atomic E-state index is 11.0. The Morgan fingerprint density at radius 2 is 1.03 bits per heavy atom. The van der Waals surface area contributed by atoms with Crippen LogP contribution in [-0.2, 0) is 36.1 Å². The number of aliphatic hydroxyl groups is 2. The zero-order valence-corrected chi connectivity index (χ0v) is 17.1. The maximum atomic E-state index is 11.0. The third kappa shape index (κ3) is 10.8. The van der Waals surface area contributed by atoms with Gasteiger partial charge >= 0.3 is 11.9 Å². The van der Waals surface area contributed by atoms with E-state index in [1.54, 1.807) is 62.4 Å². The summed E-state index contributed by atoms with van der Waals surface area (Å²) in [6.07, 6.45) is 2.14. The first-order valence-corrected chi connectivity index (χ1v) is 8.73. The minimum Gasteiger partial charge on any atom is -0.507 e. The Kier molecular flexibility index (Phi) is 13.4. The molecule has 6 nitrogen and oxygen atoms in total. The molecule has 0 saturated heterocycles. The molecule has 2 aromatic rings. The van der Waals surface area contributed by atoms with Crippen molar-refractivity contribution >= 4 is 23.5 Å². The van der Waals surface area contributed by atoms with Gasteiger partial charge in [-0.2, -0.15) is 0 Å². The average molecular weight is 448 g/mol. The fraction of sp³-hybridized carbons (Fsp3) is 0.182. The number of hydrogen-bond donors (Lipinski definition) is 2. The van der Waals surface area contributed by atoms with Gasteiger partial charge in [0.1, 0.15) is 11.5 Å². The Bertz CT molecular complexity index is 731. The molecule has 29 heavy (non-hydrogen) atoms. The number of esters is 2. The van der Waals surface area contributed by atoms with Gasteiger partial charge in [0.25, 0.3) is 0 Å². The number of carbonyl (C=O) groups is 2. The van der Waals surface area contributed by atoms with Crippen molar-refractivity contribution in [3.05, 3.63) is 83.9 Å². The number of hydrogen-bond acceptors (Lipinski definition) is 6. The number of carbonyl (C=O) groups excluding carboxylic acids is 2. The van der Waals surface area contributed by atoms with Crippen LogP contribution in [0.3, 0.4) is 0 Å². The van der Waals surface area contributed by atoms with Gasteiger partial charge in [0, 0.05) is 28.2 Å². The molecular weight excluding hydrogens is 424 g/mol. The Balaban J connectivity index is 0.000000523. The van der Waals surface area contributed by atoms with Crippen LogP contribution in [0.5, 0.6) is 0 Å². The molecule has 0 aliphatic carbocycles. The second-order valence-corrected chi connectivity index (χ2v) is 5.30. The van der Waals surface area contributed by atoms with E-state index in [0.717, 1.165) is 12.2 Å².